The van der Waals surface area contributed by atoms with Gasteiger partial charge in [-0.2, -0.15) is 5.10 Å². The molecule has 8 heteroatoms. The second kappa shape index (κ2) is 4.46. The molecule has 2 heterocycles. The number of aromatic amines is 1. The van der Waals surface area contributed by atoms with Crippen LogP contribution in [0.2, 0.25) is 5.02 Å². The van der Waals surface area contributed by atoms with Crippen molar-refractivity contribution in [3.63, 3.8) is 0 Å². The van der Waals surface area contributed by atoms with Gasteiger partial charge in [-0.05, 0) is 0 Å². The minimum atomic E-state index is -0.386. The highest BCUT2D eigenvalue weighted by molar-refractivity contribution is 6.32. The predicted octanol–water partition coefficient (Wildman–Crippen LogP) is 0.351. The van der Waals surface area contributed by atoms with Crippen LogP contribution in [-0.2, 0) is 13.6 Å². The molecule has 0 amide bonds. The van der Waals surface area contributed by atoms with Crippen LogP contribution >= 0.6 is 11.6 Å². The number of H-pyrrole nitrogens is 1. The zero-order chi connectivity index (χ0) is 12.4. The summed E-state index contributed by atoms with van der Waals surface area (Å²) in [5, 5.41) is 6.95. The van der Waals surface area contributed by atoms with Crippen molar-refractivity contribution in [2.24, 2.45) is 7.05 Å². The highest BCUT2D eigenvalue weighted by atomic mass is 35.5. The zero-order valence-corrected chi connectivity index (χ0v) is 9.82. The molecular weight excluding hydrogens is 244 g/mol. The Morgan fingerprint density at radius 1 is 1.65 bits per heavy atom. The normalized spacial score (nSPS) is 10.5. The average Bonchev–Trinajstić information content (AvgIpc) is 2.62. The number of hydrogen-bond acceptors (Lipinski definition) is 5. The van der Waals surface area contributed by atoms with Crippen LogP contribution in [-0.4, -0.2) is 19.7 Å². The maximum absolute atomic E-state index is 11.2. The van der Waals surface area contributed by atoms with Gasteiger partial charge < -0.3 is 16.0 Å². The lowest BCUT2D eigenvalue weighted by Gasteiger charge is -2.05. The van der Waals surface area contributed by atoms with Crippen molar-refractivity contribution in [1.82, 2.24) is 19.7 Å². The van der Waals surface area contributed by atoms with Gasteiger partial charge in [0.25, 0.3) is 5.56 Å². The molecular formula is C9H11ClN6O. The van der Waals surface area contributed by atoms with Crippen LogP contribution in [0.15, 0.2) is 17.3 Å². The molecule has 90 valence electrons. The molecule has 2 rings (SSSR count). The number of halogens is 1. The van der Waals surface area contributed by atoms with Crippen LogP contribution in [0.5, 0.6) is 0 Å². The van der Waals surface area contributed by atoms with E-state index in [9.17, 15) is 4.79 Å². The van der Waals surface area contributed by atoms with Crippen LogP contribution in [0, 0.1) is 0 Å². The highest BCUT2D eigenvalue weighted by Crippen LogP contribution is 2.15. The maximum Gasteiger partial charge on any atom is 0.271 e. The smallest absolute Gasteiger partial charge is 0.271 e. The van der Waals surface area contributed by atoms with Gasteiger partial charge in [-0.3, -0.25) is 9.48 Å². The third kappa shape index (κ3) is 2.23. The van der Waals surface area contributed by atoms with Crippen molar-refractivity contribution in [3.8, 4) is 0 Å². The predicted molar refractivity (Wildman–Crippen MR) is 64.8 cm³/mol. The number of anilines is 2. The van der Waals surface area contributed by atoms with Crippen LogP contribution in [0.3, 0.4) is 0 Å². The van der Waals surface area contributed by atoms with E-state index in [-0.39, 0.29) is 10.6 Å². The molecule has 0 fully saturated rings. The summed E-state index contributed by atoms with van der Waals surface area (Å²) in [6.07, 6.45) is 2.92. The molecule has 17 heavy (non-hydrogen) atoms. The monoisotopic (exact) mass is 254 g/mol. The van der Waals surface area contributed by atoms with E-state index in [0.29, 0.717) is 18.2 Å². The van der Waals surface area contributed by atoms with Crippen molar-refractivity contribution in [2.75, 3.05) is 11.1 Å². The molecule has 0 atom stereocenters. The summed E-state index contributed by atoms with van der Waals surface area (Å²) < 4.78 is 1.56. The third-order valence-corrected chi connectivity index (χ3v) is 2.66. The Morgan fingerprint density at radius 2 is 2.41 bits per heavy atom. The summed E-state index contributed by atoms with van der Waals surface area (Å²) in [6, 6.07) is 0. The maximum atomic E-state index is 11.2. The van der Waals surface area contributed by atoms with E-state index in [1.807, 2.05) is 0 Å². The number of nitrogens with two attached hydrogens (primary N) is 1. The van der Waals surface area contributed by atoms with Gasteiger partial charge in [0.2, 0.25) is 0 Å². The quantitative estimate of drug-likeness (QED) is 0.734. The van der Waals surface area contributed by atoms with Crippen LogP contribution in [0.4, 0.5) is 11.6 Å². The first-order valence-electron chi connectivity index (χ1n) is 4.83. The fourth-order valence-corrected chi connectivity index (χ4v) is 1.48. The molecule has 2 aromatic heterocycles. The van der Waals surface area contributed by atoms with Gasteiger partial charge in [-0.25, -0.2) is 4.98 Å². The molecule has 7 nitrogen and oxygen atoms in total. The second-order valence-electron chi connectivity index (χ2n) is 3.43. The van der Waals surface area contributed by atoms with Crippen LogP contribution in [0.25, 0.3) is 0 Å². The zero-order valence-electron chi connectivity index (χ0n) is 9.07. The van der Waals surface area contributed by atoms with E-state index < -0.39 is 0 Å². The fourth-order valence-electron chi connectivity index (χ4n) is 1.31. The van der Waals surface area contributed by atoms with E-state index >= 15 is 0 Å². The number of hydrogen-bond donors (Lipinski definition) is 3. The molecule has 0 saturated carbocycles. The molecule has 0 aliphatic heterocycles. The molecule has 0 aliphatic rings. The van der Waals surface area contributed by atoms with E-state index in [0.717, 1.165) is 5.56 Å². The summed E-state index contributed by atoms with van der Waals surface area (Å²) >= 11 is 5.78. The molecule has 0 spiro atoms. The number of rotatable bonds is 3. The Bertz CT molecular complexity index is 589. The molecule has 0 saturated heterocycles. The Kier molecular flexibility index (Phi) is 3.01. The summed E-state index contributed by atoms with van der Waals surface area (Å²) in [6.45, 7) is 0.399. The Morgan fingerprint density at radius 3 is 3.06 bits per heavy atom. The van der Waals surface area contributed by atoms with E-state index in [4.69, 9.17) is 17.3 Å². The van der Waals surface area contributed by atoms with Crippen molar-refractivity contribution in [1.29, 1.82) is 0 Å². The summed E-state index contributed by atoms with van der Waals surface area (Å²) in [5.74, 6) is 0.872. The summed E-state index contributed by atoms with van der Waals surface area (Å²) in [5.41, 5.74) is 6.20. The minimum Gasteiger partial charge on any atom is -0.384 e. The number of nitrogens with zero attached hydrogens (tertiary/aromatic N) is 3. The molecule has 0 radical (unpaired) electrons. The molecule has 0 aliphatic carbocycles. The molecule has 0 unspecified atom stereocenters. The van der Waals surface area contributed by atoms with E-state index in [2.05, 4.69) is 20.4 Å². The number of nitrogens with one attached hydrogen (secondary N) is 2. The van der Waals surface area contributed by atoms with Gasteiger partial charge in [0.15, 0.2) is 5.82 Å². The van der Waals surface area contributed by atoms with E-state index in [1.165, 1.54) is 6.33 Å². The minimum absolute atomic E-state index is 0.0231. The third-order valence-electron chi connectivity index (χ3n) is 2.31. The van der Waals surface area contributed by atoms with Crippen molar-refractivity contribution >= 4 is 23.2 Å². The Hall–Kier alpha value is -2.02. The number of aromatic nitrogens is 4. The molecule has 2 aromatic rings. The Labute approximate surface area is 102 Å². The lowest BCUT2D eigenvalue weighted by Crippen LogP contribution is -2.12. The lowest BCUT2D eigenvalue weighted by atomic mass is 10.3. The number of aryl methyl sites for hydroxylation is 1. The van der Waals surface area contributed by atoms with Crippen molar-refractivity contribution < 1.29 is 0 Å². The van der Waals surface area contributed by atoms with Gasteiger partial charge in [0.05, 0.1) is 12.5 Å². The standard InChI is InChI=1S/C9H11ClN6O/c1-16-7(11)5(3-15-16)2-12-8-6(10)9(17)14-4-13-8/h3-4H,2,11H2,1H3,(H2,12,13,14,17). The first-order valence-corrected chi connectivity index (χ1v) is 5.21. The summed E-state index contributed by atoms with van der Waals surface area (Å²) in [4.78, 5) is 17.5. The van der Waals surface area contributed by atoms with Gasteiger partial charge in [0, 0.05) is 19.2 Å². The van der Waals surface area contributed by atoms with Gasteiger partial charge in [-0.1, -0.05) is 11.6 Å². The highest BCUT2D eigenvalue weighted by Gasteiger charge is 2.08. The van der Waals surface area contributed by atoms with Crippen molar-refractivity contribution in [2.45, 2.75) is 6.54 Å². The second-order valence-corrected chi connectivity index (χ2v) is 3.80. The van der Waals surface area contributed by atoms with Gasteiger partial charge >= 0.3 is 0 Å². The largest absolute Gasteiger partial charge is 0.384 e. The van der Waals surface area contributed by atoms with Crippen LogP contribution < -0.4 is 16.6 Å². The van der Waals surface area contributed by atoms with Gasteiger partial charge in [-0.15, -0.1) is 0 Å². The first-order chi connectivity index (χ1) is 8.09. The fraction of sp³-hybridized carbons (Fsp3) is 0.222. The molecule has 0 aromatic carbocycles. The average molecular weight is 255 g/mol. The van der Waals surface area contributed by atoms with Crippen LogP contribution in [0.1, 0.15) is 5.56 Å². The lowest BCUT2D eigenvalue weighted by molar-refractivity contribution is 0.778. The topological polar surface area (TPSA) is 102 Å². The van der Waals surface area contributed by atoms with Gasteiger partial charge in [0.1, 0.15) is 10.8 Å². The number of nitrogen functional groups attached to an aromatic ring is 1. The molecule has 0 bridgehead atoms. The summed E-state index contributed by atoms with van der Waals surface area (Å²) in [7, 11) is 1.75. The first kappa shape index (κ1) is 11.5. The Balaban J connectivity index is 2.15. The molecule has 4 N–H and O–H groups in total. The SMILES string of the molecule is Cn1ncc(CNc2nc[nH]c(=O)c2Cl)c1N. The van der Waals surface area contributed by atoms with Crippen molar-refractivity contribution in [3.05, 3.63) is 33.5 Å². The van der Waals surface area contributed by atoms with E-state index in [1.54, 1.807) is 17.9 Å².